The third-order valence-corrected chi connectivity index (χ3v) is 4.85. The fourth-order valence-corrected chi connectivity index (χ4v) is 3.29. The van der Waals surface area contributed by atoms with Crippen LogP contribution in [0.5, 0.6) is 0 Å². The summed E-state index contributed by atoms with van der Waals surface area (Å²) in [5.74, 6) is -0.518. The Balaban J connectivity index is 1.81. The molecule has 0 aliphatic carbocycles. The highest BCUT2D eigenvalue weighted by Gasteiger charge is 2.06. The van der Waals surface area contributed by atoms with Crippen LogP contribution in [0.25, 0.3) is 0 Å². The first kappa shape index (κ1) is 21.7. The van der Waals surface area contributed by atoms with Crippen LogP contribution in [0.3, 0.4) is 0 Å². The molecule has 0 amide bonds. The van der Waals surface area contributed by atoms with Crippen molar-refractivity contribution in [2.24, 2.45) is 5.92 Å². The van der Waals surface area contributed by atoms with Crippen molar-refractivity contribution < 1.29 is 14.3 Å². The minimum absolute atomic E-state index is 0.154. The van der Waals surface area contributed by atoms with E-state index in [4.69, 9.17) is 5.11 Å². The summed E-state index contributed by atoms with van der Waals surface area (Å²) in [6.45, 7) is 2.03. The lowest BCUT2D eigenvalue weighted by Crippen LogP contribution is -2.03. The zero-order chi connectivity index (χ0) is 18.3. The zero-order valence-corrected chi connectivity index (χ0v) is 15.8. The average Bonchev–Trinajstić information content (AvgIpc) is 2.57. The molecule has 2 nitrogen and oxygen atoms in total. The first-order valence-corrected chi connectivity index (χ1v) is 10.0. The van der Waals surface area contributed by atoms with Crippen molar-refractivity contribution in [3.63, 3.8) is 0 Å². The summed E-state index contributed by atoms with van der Waals surface area (Å²) in [5.41, 5.74) is 1.24. The van der Waals surface area contributed by atoms with Gasteiger partial charge in [0, 0.05) is 6.42 Å². The number of hydrogen-bond donors (Lipinski definition) is 1. The number of halogens is 1. The van der Waals surface area contributed by atoms with Gasteiger partial charge >= 0.3 is 5.97 Å². The van der Waals surface area contributed by atoms with Crippen molar-refractivity contribution in [1.29, 1.82) is 0 Å². The van der Waals surface area contributed by atoms with Crippen LogP contribution in [0.4, 0.5) is 4.39 Å². The van der Waals surface area contributed by atoms with E-state index in [0.717, 1.165) is 19.3 Å². The molecule has 0 saturated heterocycles. The van der Waals surface area contributed by atoms with Gasteiger partial charge in [-0.15, -0.1) is 0 Å². The van der Waals surface area contributed by atoms with Crippen molar-refractivity contribution >= 4 is 5.97 Å². The summed E-state index contributed by atoms with van der Waals surface area (Å²) in [7, 11) is 0. The van der Waals surface area contributed by atoms with Gasteiger partial charge < -0.3 is 5.11 Å². The normalized spacial score (nSPS) is 12.2. The molecular formula is C22H35FO2. The van der Waals surface area contributed by atoms with Crippen molar-refractivity contribution in [2.45, 2.75) is 90.4 Å². The summed E-state index contributed by atoms with van der Waals surface area (Å²) in [4.78, 5) is 10.6. The molecule has 25 heavy (non-hydrogen) atoms. The van der Waals surface area contributed by atoms with Crippen LogP contribution in [0.15, 0.2) is 24.3 Å². The molecule has 1 rings (SSSR count). The minimum Gasteiger partial charge on any atom is -0.481 e. The number of carboxylic acid groups (broad SMARTS) is 1. The van der Waals surface area contributed by atoms with E-state index in [0.29, 0.717) is 12.3 Å². The van der Waals surface area contributed by atoms with Gasteiger partial charge in [0.2, 0.25) is 0 Å². The Morgan fingerprint density at radius 3 is 1.88 bits per heavy atom. The predicted octanol–water partition coefficient (Wildman–Crippen LogP) is 6.77. The van der Waals surface area contributed by atoms with Crippen LogP contribution in [0, 0.1) is 11.7 Å². The third-order valence-electron chi connectivity index (χ3n) is 4.85. The Labute approximate surface area is 152 Å². The van der Waals surface area contributed by atoms with Gasteiger partial charge in [-0.05, 0) is 36.5 Å². The highest BCUT2D eigenvalue weighted by Crippen LogP contribution is 2.16. The number of aliphatic carboxylic acids is 1. The molecule has 3 heteroatoms. The molecule has 1 aromatic carbocycles. The maximum Gasteiger partial charge on any atom is 0.303 e. The van der Waals surface area contributed by atoms with Crippen molar-refractivity contribution in [1.82, 2.24) is 0 Å². The molecule has 0 radical (unpaired) electrons. The molecule has 0 aromatic heterocycles. The van der Waals surface area contributed by atoms with E-state index in [2.05, 4.69) is 0 Å². The minimum atomic E-state index is -0.676. The quantitative estimate of drug-likeness (QED) is 0.354. The maximum absolute atomic E-state index is 12.8. The lowest BCUT2D eigenvalue weighted by atomic mass is 9.99. The summed E-state index contributed by atoms with van der Waals surface area (Å²) < 4.78 is 12.8. The average molecular weight is 351 g/mol. The van der Waals surface area contributed by atoms with E-state index < -0.39 is 5.97 Å². The second kappa shape index (κ2) is 13.9. The highest BCUT2D eigenvalue weighted by molar-refractivity contribution is 5.66. The van der Waals surface area contributed by atoms with Gasteiger partial charge in [-0.3, -0.25) is 4.79 Å². The fraction of sp³-hybridized carbons (Fsp3) is 0.682. The van der Waals surface area contributed by atoms with Crippen LogP contribution in [0.2, 0.25) is 0 Å². The fourth-order valence-electron chi connectivity index (χ4n) is 3.29. The molecule has 1 unspecified atom stereocenters. The number of aryl methyl sites for hydroxylation is 1. The van der Waals surface area contributed by atoms with Gasteiger partial charge in [0.15, 0.2) is 0 Å². The molecule has 0 aliphatic rings. The molecule has 0 fully saturated rings. The summed E-state index contributed by atoms with van der Waals surface area (Å²) >= 11 is 0. The summed E-state index contributed by atoms with van der Waals surface area (Å²) in [6, 6.07) is 6.86. The molecule has 1 aromatic rings. The van der Waals surface area contributed by atoms with E-state index in [1.807, 2.05) is 19.1 Å². The molecule has 0 aliphatic heterocycles. The van der Waals surface area contributed by atoms with Crippen LogP contribution in [0.1, 0.15) is 89.5 Å². The van der Waals surface area contributed by atoms with Gasteiger partial charge in [-0.2, -0.15) is 0 Å². The molecule has 0 spiro atoms. The van der Waals surface area contributed by atoms with E-state index in [-0.39, 0.29) is 5.82 Å². The number of hydrogen-bond acceptors (Lipinski definition) is 1. The van der Waals surface area contributed by atoms with Gasteiger partial charge in [0.25, 0.3) is 0 Å². The summed E-state index contributed by atoms with van der Waals surface area (Å²) in [6.07, 6.45) is 15.1. The Bertz CT molecular complexity index is 456. The first-order chi connectivity index (χ1) is 12.1. The van der Waals surface area contributed by atoms with Crippen molar-refractivity contribution in [3.05, 3.63) is 35.6 Å². The highest BCUT2D eigenvalue weighted by atomic mass is 19.1. The maximum atomic E-state index is 12.8. The van der Waals surface area contributed by atoms with Crippen LogP contribution in [-0.2, 0) is 11.2 Å². The molecule has 1 atom stereocenters. The number of unbranched alkanes of at least 4 members (excludes halogenated alkanes) is 9. The van der Waals surface area contributed by atoms with E-state index in [1.165, 1.54) is 63.4 Å². The Kier molecular flexibility index (Phi) is 12.0. The lowest BCUT2D eigenvalue weighted by molar-refractivity contribution is -0.138. The largest absolute Gasteiger partial charge is 0.481 e. The second-order valence-corrected chi connectivity index (χ2v) is 7.40. The number of rotatable bonds is 15. The topological polar surface area (TPSA) is 37.3 Å². The van der Waals surface area contributed by atoms with E-state index >= 15 is 0 Å². The van der Waals surface area contributed by atoms with Crippen LogP contribution in [-0.4, -0.2) is 11.1 Å². The van der Waals surface area contributed by atoms with Gasteiger partial charge in [-0.25, -0.2) is 4.39 Å². The van der Waals surface area contributed by atoms with Crippen LogP contribution < -0.4 is 0 Å². The lowest BCUT2D eigenvalue weighted by Gasteiger charge is -2.08. The smallest absolute Gasteiger partial charge is 0.303 e. The number of carboxylic acids is 1. The monoisotopic (exact) mass is 350 g/mol. The van der Waals surface area contributed by atoms with Crippen molar-refractivity contribution in [2.75, 3.05) is 0 Å². The Morgan fingerprint density at radius 2 is 1.36 bits per heavy atom. The van der Waals surface area contributed by atoms with Gasteiger partial charge in [0.05, 0.1) is 0 Å². The van der Waals surface area contributed by atoms with E-state index in [9.17, 15) is 9.18 Å². The molecule has 0 bridgehead atoms. The molecular weight excluding hydrogens is 315 g/mol. The SMILES string of the molecule is CC(CCCCCCCCCCCCc1ccc(F)cc1)CC(=O)O. The van der Waals surface area contributed by atoms with Crippen molar-refractivity contribution in [3.8, 4) is 0 Å². The molecule has 1 N–H and O–H groups in total. The molecule has 0 saturated carbocycles. The van der Waals surface area contributed by atoms with Gasteiger partial charge in [-0.1, -0.05) is 83.3 Å². The van der Waals surface area contributed by atoms with Gasteiger partial charge in [0.1, 0.15) is 5.82 Å². The second-order valence-electron chi connectivity index (χ2n) is 7.40. The third kappa shape index (κ3) is 12.6. The molecule has 142 valence electrons. The Hall–Kier alpha value is -1.38. The van der Waals surface area contributed by atoms with E-state index in [1.54, 1.807) is 12.1 Å². The van der Waals surface area contributed by atoms with Crippen LogP contribution >= 0.6 is 0 Å². The number of carbonyl (C=O) groups is 1. The standard InChI is InChI=1S/C22H35FO2/c1-19(18-22(24)25)12-10-8-6-4-2-3-5-7-9-11-13-20-14-16-21(23)17-15-20/h14-17,19H,2-13,18H2,1H3,(H,24,25). The Morgan fingerprint density at radius 1 is 0.880 bits per heavy atom. The first-order valence-electron chi connectivity index (χ1n) is 10.0. The molecule has 0 heterocycles. The number of benzene rings is 1. The zero-order valence-electron chi connectivity index (χ0n) is 15.8. The predicted molar refractivity (Wildman–Crippen MR) is 102 cm³/mol. The summed E-state index contributed by atoms with van der Waals surface area (Å²) in [5, 5.41) is 8.72.